The van der Waals surface area contributed by atoms with E-state index >= 15 is 0 Å². The molecule has 4 aromatic rings. The standard InChI is InChI=1S/C30H31BrClN5O2/c1-30(2,3)26-19-27(37(35-26)25-12-8-7-11-24(25)32)34-28(38)20-36(18-17-21-9-5-4-6-10-21)29(39)33-23-15-13-22(31)14-16-23/h4-16,19H,17-18,20H2,1-3H3,(H,33,39)(H,34,38). The summed E-state index contributed by atoms with van der Waals surface area (Å²) in [5, 5.41) is 11.1. The van der Waals surface area contributed by atoms with Crippen LogP contribution in [0.25, 0.3) is 5.69 Å². The Morgan fingerprint density at radius 2 is 1.62 bits per heavy atom. The van der Waals surface area contributed by atoms with E-state index in [0.29, 0.717) is 35.2 Å². The minimum atomic E-state index is -0.363. The fourth-order valence-electron chi connectivity index (χ4n) is 3.90. The number of nitrogens with one attached hydrogen (secondary N) is 2. The fourth-order valence-corrected chi connectivity index (χ4v) is 4.38. The largest absolute Gasteiger partial charge is 0.322 e. The molecule has 0 saturated carbocycles. The predicted octanol–water partition coefficient (Wildman–Crippen LogP) is 7.30. The molecular weight excluding hydrogens is 578 g/mol. The number of rotatable bonds is 8. The van der Waals surface area contributed by atoms with Gasteiger partial charge >= 0.3 is 6.03 Å². The summed E-state index contributed by atoms with van der Waals surface area (Å²) in [7, 11) is 0. The molecule has 0 bridgehead atoms. The quantitative estimate of drug-likeness (QED) is 0.220. The average molecular weight is 609 g/mol. The van der Waals surface area contributed by atoms with E-state index in [2.05, 4.69) is 47.3 Å². The number of carbonyl (C=O) groups is 2. The molecule has 202 valence electrons. The number of para-hydroxylation sites is 1. The summed E-state index contributed by atoms with van der Waals surface area (Å²) in [5.74, 6) is 0.136. The first-order valence-electron chi connectivity index (χ1n) is 12.6. The summed E-state index contributed by atoms with van der Waals surface area (Å²) in [6, 6.07) is 26.0. The third-order valence-electron chi connectivity index (χ3n) is 6.06. The van der Waals surface area contributed by atoms with Crippen LogP contribution >= 0.6 is 27.5 Å². The fraction of sp³-hybridized carbons (Fsp3) is 0.233. The van der Waals surface area contributed by atoms with E-state index in [4.69, 9.17) is 16.7 Å². The molecular formula is C30H31BrClN5O2. The van der Waals surface area contributed by atoms with Gasteiger partial charge in [0.15, 0.2) is 0 Å². The molecule has 2 N–H and O–H groups in total. The Morgan fingerprint density at radius 1 is 0.949 bits per heavy atom. The summed E-state index contributed by atoms with van der Waals surface area (Å²) < 4.78 is 2.54. The van der Waals surface area contributed by atoms with Crippen LogP contribution < -0.4 is 10.6 Å². The van der Waals surface area contributed by atoms with E-state index in [0.717, 1.165) is 15.7 Å². The molecule has 9 heteroatoms. The van der Waals surface area contributed by atoms with Crippen molar-refractivity contribution in [3.8, 4) is 5.69 Å². The Hall–Kier alpha value is -3.62. The van der Waals surface area contributed by atoms with Crippen molar-refractivity contribution in [1.29, 1.82) is 0 Å². The molecule has 0 radical (unpaired) electrons. The Balaban J connectivity index is 1.56. The van der Waals surface area contributed by atoms with E-state index in [-0.39, 0.29) is 23.9 Å². The van der Waals surface area contributed by atoms with Crippen molar-refractivity contribution in [2.75, 3.05) is 23.7 Å². The van der Waals surface area contributed by atoms with E-state index < -0.39 is 0 Å². The van der Waals surface area contributed by atoms with Gasteiger partial charge < -0.3 is 15.5 Å². The van der Waals surface area contributed by atoms with Crippen LogP contribution in [0.15, 0.2) is 89.4 Å². The van der Waals surface area contributed by atoms with Crippen LogP contribution in [-0.2, 0) is 16.6 Å². The molecule has 0 aliphatic rings. The Labute approximate surface area is 242 Å². The summed E-state index contributed by atoms with van der Waals surface area (Å²) in [5.41, 5.74) is 2.91. The molecule has 1 heterocycles. The molecule has 0 atom stereocenters. The average Bonchev–Trinajstić information content (AvgIpc) is 3.32. The van der Waals surface area contributed by atoms with Crippen LogP contribution in [-0.4, -0.2) is 39.7 Å². The third kappa shape index (κ3) is 7.71. The van der Waals surface area contributed by atoms with Crippen molar-refractivity contribution < 1.29 is 9.59 Å². The lowest BCUT2D eigenvalue weighted by molar-refractivity contribution is -0.116. The lowest BCUT2D eigenvalue weighted by Gasteiger charge is -2.23. The first-order valence-corrected chi connectivity index (χ1v) is 13.8. The number of aromatic nitrogens is 2. The highest BCUT2D eigenvalue weighted by Gasteiger charge is 2.24. The maximum atomic E-state index is 13.4. The summed E-state index contributed by atoms with van der Waals surface area (Å²) in [6.45, 7) is 6.37. The smallest absolute Gasteiger partial charge is 0.315 e. The number of amides is 3. The zero-order valence-corrected chi connectivity index (χ0v) is 24.5. The molecule has 0 aliphatic heterocycles. The number of benzene rings is 3. The van der Waals surface area contributed by atoms with Gasteiger partial charge in [0.25, 0.3) is 0 Å². The molecule has 0 aliphatic carbocycles. The summed E-state index contributed by atoms with van der Waals surface area (Å²) >= 11 is 9.87. The first kappa shape index (κ1) is 28.4. The van der Waals surface area contributed by atoms with Crippen LogP contribution in [0.2, 0.25) is 5.02 Å². The number of anilines is 2. The topological polar surface area (TPSA) is 79.3 Å². The number of halogens is 2. The number of carbonyl (C=O) groups excluding carboxylic acids is 2. The predicted molar refractivity (Wildman–Crippen MR) is 161 cm³/mol. The van der Waals surface area contributed by atoms with Crippen LogP contribution in [0.3, 0.4) is 0 Å². The second-order valence-electron chi connectivity index (χ2n) is 10.2. The monoisotopic (exact) mass is 607 g/mol. The molecule has 4 rings (SSSR count). The zero-order chi connectivity index (χ0) is 28.0. The molecule has 0 spiro atoms. The van der Waals surface area contributed by atoms with Gasteiger partial charge in [-0.15, -0.1) is 0 Å². The van der Waals surface area contributed by atoms with Crippen LogP contribution in [0.4, 0.5) is 16.3 Å². The van der Waals surface area contributed by atoms with Gasteiger partial charge in [-0.3, -0.25) is 4.79 Å². The molecule has 0 saturated heterocycles. The first-order chi connectivity index (χ1) is 18.6. The van der Waals surface area contributed by atoms with Gasteiger partial charge in [0.1, 0.15) is 12.4 Å². The Kier molecular flexibility index (Phi) is 9.09. The molecule has 0 unspecified atom stereocenters. The highest BCUT2D eigenvalue weighted by atomic mass is 79.9. The lowest BCUT2D eigenvalue weighted by atomic mass is 9.92. The van der Waals surface area contributed by atoms with Gasteiger partial charge in [0.2, 0.25) is 5.91 Å². The van der Waals surface area contributed by atoms with Crippen molar-refractivity contribution >= 4 is 51.0 Å². The highest BCUT2D eigenvalue weighted by molar-refractivity contribution is 9.10. The number of urea groups is 1. The molecule has 1 aromatic heterocycles. The van der Waals surface area contributed by atoms with E-state index in [1.54, 1.807) is 22.9 Å². The molecule has 7 nitrogen and oxygen atoms in total. The van der Waals surface area contributed by atoms with Crippen molar-refractivity contribution in [2.45, 2.75) is 32.6 Å². The molecule has 39 heavy (non-hydrogen) atoms. The molecule has 3 amide bonds. The van der Waals surface area contributed by atoms with Gasteiger partial charge in [-0.05, 0) is 48.4 Å². The second-order valence-corrected chi connectivity index (χ2v) is 11.5. The number of nitrogens with zero attached hydrogens (tertiary/aromatic N) is 3. The van der Waals surface area contributed by atoms with Crippen LogP contribution in [0.1, 0.15) is 32.0 Å². The van der Waals surface area contributed by atoms with E-state index in [9.17, 15) is 9.59 Å². The minimum Gasteiger partial charge on any atom is -0.315 e. The minimum absolute atomic E-state index is 0.145. The van der Waals surface area contributed by atoms with Gasteiger partial charge in [0, 0.05) is 28.2 Å². The normalized spacial score (nSPS) is 11.2. The van der Waals surface area contributed by atoms with Crippen molar-refractivity contribution in [1.82, 2.24) is 14.7 Å². The SMILES string of the molecule is CC(C)(C)c1cc(NC(=O)CN(CCc2ccccc2)C(=O)Nc2ccc(Br)cc2)n(-c2ccccc2Cl)n1. The Bertz CT molecular complexity index is 1430. The number of hydrogen-bond donors (Lipinski definition) is 2. The molecule has 0 fully saturated rings. The summed E-state index contributed by atoms with van der Waals surface area (Å²) in [6.07, 6.45) is 0.605. The van der Waals surface area contributed by atoms with E-state index in [1.807, 2.05) is 66.7 Å². The maximum absolute atomic E-state index is 13.4. The van der Waals surface area contributed by atoms with Crippen molar-refractivity contribution in [3.05, 3.63) is 106 Å². The Morgan fingerprint density at radius 3 is 2.28 bits per heavy atom. The summed E-state index contributed by atoms with van der Waals surface area (Å²) in [4.78, 5) is 28.1. The van der Waals surface area contributed by atoms with E-state index in [1.165, 1.54) is 4.90 Å². The number of hydrogen-bond acceptors (Lipinski definition) is 3. The highest BCUT2D eigenvalue weighted by Crippen LogP contribution is 2.29. The van der Waals surface area contributed by atoms with Crippen LogP contribution in [0, 0.1) is 0 Å². The second kappa shape index (κ2) is 12.5. The van der Waals surface area contributed by atoms with Crippen molar-refractivity contribution in [2.24, 2.45) is 0 Å². The lowest BCUT2D eigenvalue weighted by Crippen LogP contribution is -2.42. The van der Waals surface area contributed by atoms with Gasteiger partial charge in [-0.25, -0.2) is 9.48 Å². The molecule has 3 aromatic carbocycles. The van der Waals surface area contributed by atoms with Gasteiger partial charge in [0.05, 0.1) is 16.4 Å². The van der Waals surface area contributed by atoms with Crippen LogP contribution in [0.5, 0.6) is 0 Å². The van der Waals surface area contributed by atoms with Gasteiger partial charge in [-0.1, -0.05) is 90.8 Å². The van der Waals surface area contributed by atoms with Gasteiger partial charge in [-0.2, -0.15) is 5.10 Å². The maximum Gasteiger partial charge on any atom is 0.322 e. The third-order valence-corrected chi connectivity index (χ3v) is 6.90. The zero-order valence-electron chi connectivity index (χ0n) is 22.1. The van der Waals surface area contributed by atoms with Crippen molar-refractivity contribution in [3.63, 3.8) is 0 Å².